The van der Waals surface area contributed by atoms with E-state index in [0.717, 1.165) is 49.4 Å². The highest BCUT2D eigenvalue weighted by Crippen LogP contribution is 2.47. The number of aromatic nitrogens is 4. The number of piperazine rings is 1. The number of pyridine rings is 1. The van der Waals surface area contributed by atoms with Gasteiger partial charge in [0.15, 0.2) is 5.65 Å². The highest BCUT2D eigenvalue weighted by atomic mass is 35.5. The van der Waals surface area contributed by atoms with Crippen LogP contribution in [0.25, 0.3) is 27.8 Å². The summed E-state index contributed by atoms with van der Waals surface area (Å²) in [5.41, 5.74) is 3.51. The number of methoxy groups -OCH3 is 2. The van der Waals surface area contributed by atoms with Gasteiger partial charge in [-0.3, -0.25) is 9.30 Å². The summed E-state index contributed by atoms with van der Waals surface area (Å²) in [4.78, 5) is 18.3. The van der Waals surface area contributed by atoms with Crippen LogP contribution in [0.1, 0.15) is 5.69 Å². The van der Waals surface area contributed by atoms with Crippen molar-refractivity contribution in [2.24, 2.45) is 0 Å². The highest BCUT2D eigenvalue weighted by molar-refractivity contribution is 6.41. The third kappa shape index (κ3) is 4.14. The first-order valence-electron chi connectivity index (χ1n) is 10.7. The number of benzene rings is 1. The largest absolute Gasteiger partial charge is 0.495 e. The van der Waals surface area contributed by atoms with E-state index in [4.69, 9.17) is 49.3 Å². The monoisotopic (exact) mass is 520 g/mol. The Morgan fingerprint density at radius 2 is 1.59 bits per heavy atom. The topological polar surface area (TPSA) is 68.0 Å². The van der Waals surface area contributed by atoms with Crippen molar-refractivity contribution in [3.8, 4) is 22.6 Å². The van der Waals surface area contributed by atoms with Crippen LogP contribution in [0.2, 0.25) is 15.3 Å². The molecule has 1 aromatic carbocycles. The average molecular weight is 522 g/mol. The summed E-state index contributed by atoms with van der Waals surface area (Å²) in [6, 6.07) is 3.58. The van der Waals surface area contributed by atoms with E-state index >= 15 is 0 Å². The van der Waals surface area contributed by atoms with Gasteiger partial charge in [0.1, 0.15) is 17.1 Å². The molecule has 1 saturated heterocycles. The molecule has 0 saturated carbocycles. The quantitative estimate of drug-likeness (QED) is 0.354. The van der Waals surface area contributed by atoms with Gasteiger partial charge in [-0.2, -0.15) is 4.98 Å². The zero-order valence-corrected chi connectivity index (χ0v) is 21.2. The van der Waals surface area contributed by atoms with Gasteiger partial charge in [0.2, 0.25) is 5.28 Å². The Bertz CT molecular complexity index is 1360. The maximum Gasteiger partial charge on any atom is 0.224 e. The van der Waals surface area contributed by atoms with E-state index in [1.165, 1.54) is 0 Å². The van der Waals surface area contributed by atoms with Crippen LogP contribution in [0.15, 0.2) is 24.5 Å². The number of halogens is 3. The van der Waals surface area contributed by atoms with Crippen LogP contribution in [0.3, 0.4) is 0 Å². The number of likely N-dealkylation sites (N-methyl/N-ethyl adjacent to an activating group) is 1. The molecule has 178 valence electrons. The number of fused-ring (bicyclic) bond motifs is 3. The fourth-order valence-electron chi connectivity index (χ4n) is 4.27. The molecule has 8 nitrogen and oxygen atoms in total. The van der Waals surface area contributed by atoms with Crippen LogP contribution in [-0.4, -0.2) is 76.6 Å². The summed E-state index contributed by atoms with van der Waals surface area (Å²) in [6.07, 6.45) is 3.66. The van der Waals surface area contributed by atoms with E-state index in [1.54, 1.807) is 26.5 Å². The standard InChI is InChI=1S/C23H23Cl3N6O2/c1-30-4-6-31(7-5-30)11-14-12-32-21-13(10-27-23(26)29-21)8-15(22(32)28-14)18-19(24)16(33-2)9-17(34-3)20(18)25/h8-10,12H,4-7,11H2,1-3H3. The zero-order chi connectivity index (χ0) is 24.0. The minimum absolute atomic E-state index is 0.162. The van der Waals surface area contributed by atoms with Crippen molar-refractivity contribution in [1.29, 1.82) is 0 Å². The Morgan fingerprint density at radius 3 is 2.24 bits per heavy atom. The molecular formula is C23H23Cl3N6O2. The second kappa shape index (κ2) is 9.36. The minimum Gasteiger partial charge on any atom is -0.495 e. The molecule has 4 aromatic rings. The van der Waals surface area contributed by atoms with E-state index in [9.17, 15) is 0 Å². The third-order valence-corrected chi connectivity index (χ3v) is 7.05. The van der Waals surface area contributed by atoms with Crippen molar-refractivity contribution in [2.45, 2.75) is 6.54 Å². The molecule has 0 aliphatic carbocycles. The molecule has 0 unspecified atom stereocenters. The van der Waals surface area contributed by atoms with Gasteiger partial charge < -0.3 is 14.4 Å². The Morgan fingerprint density at radius 1 is 0.912 bits per heavy atom. The Hall–Kier alpha value is -2.36. The van der Waals surface area contributed by atoms with Crippen LogP contribution >= 0.6 is 34.8 Å². The summed E-state index contributed by atoms with van der Waals surface area (Å²) < 4.78 is 12.9. The Labute approximate surface area is 212 Å². The maximum absolute atomic E-state index is 6.76. The van der Waals surface area contributed by atoms with Crippen molar-refractivity contribution in [1.82, 2.24) is 29.2 Å². The molecule has 3 aromatic heterocycles. The highest BCUT2D eigenvalue weighted by Gasteiger charge is 2.24. The van der Waals surface area contributed by atoms with Gasteiger partial charge in [-0.15, -0.1) is 0 Å². The molecule has 0 atom stereocenters. The van der Waals surface area contributed by atoms with Gasteiger partial charge in [-0.25, -0.2) is 9.97 Å². The van der Waals surface area contributed by atoms with Crippen molar-refractivity contribution < 1.29 is 9.47 Å². The molecule has 5 rings (SSSR count). The van der Waals surface area contributed by atoms with Crippen molar-refractivity contribution in [3.63, 3.8) is 0 Å². The van der Waals surface area contributed by atoms with Gasteiger partial charge in [0, 0.05) is 67.7 Å². The van der Waals surface area contributed by atoms with Crippen molar-refractivity contribution in [2.75, 3.05) is 47.4 Å². The first kappa shape index (κ1) is 23.4. The number of hydrogen-bond acceptors (Lipinski definition) is 7. The third-order valence-electron chi connectivity index (χ3n) is 6.12. The van der Waals surface area contributed by atoms with Crippen LogP contribution in [0, 0.1) is 0 Å². The normalized spacial score (nSPS) is 15.4. The maximum atomic E-state index is 6.76. The molecule has 0 radical (unpaired) electrons. The van der Waals surface area contributed by atoms with Crippen LogP contribution in [-0.2, 0) is 6.54 Å². The van der Waals surface area contributed by atoms with E-state index in [1.807, 2.05) is 16.7 Å². The second-order valence-corrected chi connectivity index (χ2v) is 9.36. The van der Waals surface area contributed by atoms with Crippen LogP contribution in [0.4, 0.5) is 0 Å². The van der Waals surface area contributed by atoms with Gasteiger partial charge in [0.25, 0.3) is 0 Å². The predicted molar refractivity (Wildman–Crippen MR) is 135 cm³/mol. The van der Waals surface area contributed by atoms with Gasteiger partial charge >= 0.3 is 0 Å². The Kier molecular flexibility index (Phi) is 6.43. The molecule has 1 fully saturated rings. The van der Waals surface area contributed by atoms with Crippen LogP contribution in [0.5, 0.6) is 11.5 Å². The average Bonchev–Trinajstić information content (AvgIpc) is 3.25. The number of nitrogens with zero attached hydrogens (tertiary/aromatic N) is 6. The number of rotatable bonds is 5. The van der Waals surface area contributed by atoms with Crippen LogP contribution < -0.4 is 9.47 Å². The van der Waals surface area contributed by atoms with Crippen molar-refractivity contribution >= 4 is 51.5 Å². The SMILES string of the molecule is COc1cc(OC)c(Cl)c(-c2cc3cnc(Cl)nc3n3cc(CN4CCN(C)CC4)nc23)c1Cl. The Balaban J connectivity index is 1.74. The summed E-state index contributed by atoms with van der Waals surface area (Å²) in [5, 5.41) is 1.67. The molecule has 1 aliphatic rings. The lowest BCUT2D eigenvalue weighted by Gasteiger charge is -2.31. The predicted octanol–water partition coefficient (Wildman–Crippen LogP) is 4.67. The van der Waals surface area contributed by atoms with Gasteiger partial charge in [-0.1, -0.05) is 23.2 Å². The smallest absolute Gasteiger partial charge is 0.224 e. The van der Waals surface area contributed by atoms with Gasteiger partial charge in [-0.05, 0) is 24.7 Å². The lowest BCUT2D eigenvalue weighted by molar-refractivity contribution is 0.147. The molecule has 11 heteroatoms. The lowest BCUT2D eigenvalue weighted by atomic mass is 10.0. The zero-order valence-electron chi connectivity index (χ0n) is 19.0. The fraction of sp³-hybridized carbons (Fsp3) is 0.348. The number of ether oxygens (including phenoxy) is 2. The molecule has 0 amide bonds. The van der Waals surface area contributed by atoms with E-state index in [2.05, 4.69) is 26.8 Å². The summed E-state index contributed by atoms with van der Waals surface area (Å²) in [6.45, 7) is 4.74. The molecule has 1 aliphatic heterocycles. The molecule has 0 N–H and O–H groups in total. The first-order chi connectivity index (χ1) is 16.4. The molecule has 0 bridgehead atoms. The lowest BCUT2D eigenvalue weighted by Crippen LogP contribution is -2.43. The molecule has 0 spiro atoms. The number of imidazole rings is 1. The summed E-state index contributed by atoms with van der Waals surface area (Å²) in [5.74, 6) is 0.903. The molecule has 4 heterocycles. The minimum atomic E-state index is 0.162. The first-order valence-corrected chi connectivity index (χ1v) is 11.9. The molecular weight excluding hydrogens is 499 g/mol. The summed E-state index contributed by atoms with van der Waals surface area (Å²) >= 11 is 19.7. The number of hydrogen-bond donors (Lipinski definition) is 0. The summed E-state index contributed by atoms with van der Waals surface area (Å²) in [7, 11) is 5.24. The van der Waals surface area contributed by atoms with Crippen molar-refractivity contribution in [3.05, 3.63) is 45.5 Å². The van der Waals surface area contributed by atoms with E-state index < -0.39 is 0 Å². The van der Waals surface area contributed by atoms with E-state index in [-0.39, 0.29) is 5.28 Å². The van der Waals surface area contributed by atoms with E-state index in [0.29, 0.717) is 38.4 Å². The van der Waals surface area contributed by atoms with Gasteiger partial charge in [0.05, 0.1) is 30.0 Å². The molecule has 34 heavy (non-hydrogen) atoms. The fourth-order valence-corrected chi connectivity index (χ4v) is 5.11. The second-order valence-electron chi connectivity index (χ2n) is 8.27.